The number of rotatable bonds is 7. The number of aliphatic hydroxyl groups is 1. The maximum Gasteiger partial charge on any atom is 0.256 e. The summed E-state index contributed by atoms with van der Waals surface area (Å²) in [5.74, 6) is 0.100. The lowest BCUT2D eigenvalue weighted by Crippen LogP contribution is -2.49. The summed E-state index contributed by atoms with van der Waals surface area (Å²) in [6.07, 6.45) is 2.23. The van der Waals surface area contributed by atoms with Gasteiger partial charge in [0.2, 0.25) is 0 Å². The van der Waals surface area contributed by atoms with Crippen molar-refractivity contribution < 1.29 is 9.90 Å². The summed E-state index contributed by atoms with van der Waals surface area (Å²) in [7, 11) is 0. The molecule has 1 aromatic rings. The second kappa shape index (κ2) is 8.76. The Morgan fingerprint density at radius 3 is 2.64 bits per heavy atom. The molecule has 0 unspecified atom stereocenters. The number of unbranched alkanes of at least 4 members (excludes halogenated alkanes) is 1. The van der Waals surface area contributed by atoms with E-state index in [0.29, 0.717) is 6.54 Å². The maximum absolute atomic E-state index is 12.7. The molecule has 1 aliphatic rings. The summed E-state index contributed by atoms with van der Waals surface area (Å²) >= 11 is 0. The number of piperazine rings is 1. The van der Waals surface area contributed by atoms with Crippen LogP contribution in [0.15, 0.2) is 24.3 Å². The molecule has 2 N–H and O–H groups in total. The van der Waals surface area contributed by atoms with Gasteiger partial charge in [0, 0.05) is 45.0 Å². The van der Waals surface area contributed by atoms with E-state index in [2.05, 4.69) is 17.1 Å². The number of hydrogen-bond acceptors (Lipinski definition) is 4. The van der Waals surface area contributed by atoms with Gasteiger partial charge in [-0.1, -0.05) is 25.5 Å². The third-order valence-electron chi connectivity index (χ3n) is 4.08. The molecule has 1 aliphatic heterocycles. The molecule has 0 bridgehead atoms. The Bertz CT molecular complexity index is 471. The number of nitrogens with one attached hydrogen (secondary N) is 1. The molecule has 5 heteroatoms. The Kier molecular flexibility index (Phi) is 6.68. The van der Waals surface area contributed by atoms with E-state index in [1.165, 1.54) is 0 Å². The molecule has 5 nitrogen and oxygen atoms in total. The summed E-state index contributed by atoms with van der Waals surface area (Å²) in [5, 5.41) is 12.4. The van der Waals surface area contributed by atoms with E-state index in [1.54, 1.807) is 0 Å². The van der Waals surface area contributed by atoms with E-state index >= 15 is 0 Å². The van der Waals surface area contributed by atoms with Gasteiger partial charge in [-0.3, -0.25) is 9.69 Å². The number of nitrogens with zero attached hydrogens (tertiary/aromatic N) is 2. The van der Waals surface area contributed by atoms with Gasteiger partial charge in [0.05, 0.1) is 12.2 Å². The van der Waals surface area contributed by atoms with Crippen molar-refractivity contribution in [1.82, 2.24) is 9.80 Å². The lowest BCUT2D eigenvalue weighted by molar-refractivity contribution is 0.0616. The first-order valence-electron chi connectivity index (χ1n) is 8.21. The lowest BCUT2D eigenvalue weighted by Gasteiger charge is -2.34. The smallest absolute Gasteiger partial charge is 0.256 e. The van der Waals surface area contributed by atoms with Crippen LogP contribution in [0, 0.1) is 0 Å². The summed E-state index contributed by atoms with van der Waals surface area (Å²) in [6.45, 7) is 7.03. The third-order valence-corrected chi connectivity index (χ3v) is 4.08. The minimum absolute atomic E-state index is 0.100. The van der Waals surface area contributed by atoms with Gasteiger partial charge >= 0.3 is 0 Å². The number of β-amino-alcohol motifs (C(OH)–C–C–N with tert-alkyl or cyclic N) is 1. The van der Waals surface area contributed by atoms with Crippen molar-refractivity contribution in [3.63, 3.8) is 0 Å². The van der Waals surface area contributed by atoms with E-state index in [9.17, 15) is 4.79 Å². The Balaban J connectivity index is 1.97. The van der Waals surface area contributed by atoms with Crippen molar-refractivity contribution in [3.05, 3.63) is 29.8 Å². The predicted molar refractivity (Wildman–Crippen MR) is 89.3 cm³/mol. The molecule has 0 aromatic heterocycles. The Morgan fingerprint density at radius 1 is 1.23 bits per heavy atom. The van der Waals surface area contributed by atoms with Crippen LogP contribution in [0.2, 0.25) is 0 Å². The molecule has 1 heterocycles. The average molecular weight is 305 g/mol. The topological polar surface area (TPSA) is 55.8 Å². The van der Waals surface area contributed by atoms with E-state index in [-0.39, 0.29) is 12.5 Å². The quantitative estimate of drug-likeness (QED) is 0.752. The molecular weight excluding hydrogens is 278 g/mol. The van der Waals surface area contributed by atoms with Gasteiger partial charge in [-0.25, -0.2) is 0 Å². The molecule has 1 saturated heterocycles. The zero-order valence-corrected chi connectivity index (χ0v) is 13.4. The van der Waals surface area contributed by atoms with Crippen molar-refractivity contribution in [2.24, 2.45) is 0 Å². The molecule has 0 saturated carbocycles. The number of carbonyl (C=O) groups is 1. The van der Waals surface area contributed by atoms with Gasteiger partial charge < -0.3 is 15.3 Å². The standard InChI is InChI=1S/C17H27N3O2/c1-2-3-8-18-16-7-5-4-6-15(16)17(22)20-11-9-19(10-12-20)13-14-21/h4-7,18,21H,2-3,8-14H2,1H3. The summed E-state index contributed by atoms with van der Waals surface area (Å²) < 4.78 is 0. The van der Waals surface area contributed by atoms with Gasteiger partial charge in [0.1, 0.15) is 0 Å². The van der Waals surface area contributed by atoms with E-state index in [0.717, 1.165) is 56.8 Å². The van der Waals surface area contributed by atoms with Crippen molar-refractivity contribution in [1.29, 1.82) is 0 Å². The second-order valence-corrected chi connectivity index (χ2v) is 5.68. The number of para-hydroxylation sites is 1. The fraction of sp³-hybridized carbons (Fsp3) is 0.588. The van der Waals surface area contributed by atoms with Crippen LogP contribution >= 0.6 is 0 Å². The maximum atomic E-state index is 12.7. The molecule has 1 fully saturated rings. The van der Waals surface area contributed by atoms with Gasteiger partial charge in [0.25, 0.3) is 5.91 Å². The van der Waals surface area contributed by atoms with E-state index < -0.39 is 0 Å². The minimum Gasteiger partial charge on any atom is -0.395 e. The molecule has 0 aliphatic carbocycles. The monoisotopic (exact) mass is 305 g/mol. The number of carbonyl (C=O) groups excluding carboxylic acids is 1. The minimum atomic E-state index is 0.100. The van der Waals surface area contributed by atoms with Gasteiger partial charge in [-0.15, -0.1) is 0 Å². The average Bonchev–Trinajstić information content (AvgIpc) is 2.56. The normalized spacial score (nSPS) is 15.8. The molecule has 1 amide bonds. The number of benzene rings is 1. The molecule has 1 aromatic carbocycles. The largest absolute Gasteiger partial charge is 0.395 e. The van der Waals surface area contributed by atoms with Gasteiger partial charge in [-0.05, 0) is 18.6 Å². The van der Waals surface area contributed by atoms with E-state index in [1.807, 2.05) is 29.2 Å². The highest BCUT2D eigenvalue weighted by Crippen LogP contribution is 2.18. The first-order valence-corrected chi connectivity index (χ1v) is 8.21. The molecule has 2 rings (SSSR count). The highest BCUT2D eigenvalue weighted by atomic mass is 16.3. The first kappa shape index (κ1) is 16.8. The summed E-state index contributed by atoms with van der Waals surface area (Å²) in [6, 6.07) is 7.76. The number of aliphatic hydroxyl groups excluding tert-OH is 1. The molecular formula is C17H27N3O2. The van der Waals surface area contributed by atoms with Crippen LogP contribution in [-0.2, 0) is 0 Å². The Hall–Kier alpha value is -1.59. The highest BCUT2D eigenvalue weighted by Gasteiger charge is 2.23. The molecule has 122 valence electrons. The number of anilines is 1. The van der Waals surface area contributed by atoms with Gasteiger partial charge in [0.15, 0.2) is 0 Å². The number of hydrogen-bond donors (Lipinski definition) is 2. The zero-order chi connectivity index (χ0) is 15.8. The third kappa shape index (κ3) is 4.45. The van der Waals surface area contributed by atoms with Crippen molar-refractivity contribution in [3.8, 4) is 0 Å². The fourth-order valence-electron chi connectivity index (χ4n) is 2.71. The molecule has 22 heavy (non-hydrogen) atoms. The van der Waals surface area contributed by atoms with Crippen LogP contribution < -0.4 is 5.32 Å². The first-order chi connectivity index (χ1) is 10.8. The predicted octanol–water partition coefficient (Wildman–Crippen LogP) is 1.65. The van der Waals surface area contributed by atoms with Crippen molar-refractivity contribution >= 4 is 11.6 Å². The molecule has 0 atom stereocenters. The SMILES string of the molecule is CCCCNc1ccccc1C(=O)N1CCN(CCO)CC1. The van der Waals surface area contributed by atoms with Crippen LogP contribution in [-0.4, -0.2) is 66.7 Å². The Labute approximate surface area is 132 Å². The molecule has 0 spiro atoms. The zero-order valence-electron chi connectivity index (χ0n) is 13.4. The second-order valence-electron chi connectivity index (χ2n) is 5.68. The Morgan fingerprint density at radius 2 is 1.95 bits per heavy atom. The fourth-order valence-corrected chi connectivity index (χ4v) is 2.71. The van der Waals surface area contributed by atoms with Crippen LogP contribution in [0.4, 0.5) is 5.69 Å². The number of amides is 1. The summed E-state index contributed by atoms with van der Waals surface area (Å²) in [5.41, 5.74) is 1.69. The van der Waals surface area contributed by atoms with Crippen LogP contribution in [0.3, 0.4) is 0 Å². The highest BCUT2D eigenvalue weighted by molar-refractivity contribution is 5.99. The van der Waals surface area contributed by atoms with Gasteiger partial charge in [-0.2, -0.15) is 0 Å². The van der Waals surface area contributed by atoms with Crippen molar-refractivity contribution in [2.45, 2.75) is 19.8 Å². The van der Waals surface area contributed by atoms with Crippen LogP contribution in [0.1, 0.15) is 30.1 Å². The van der Waals surface area contributed by atoms with Crippen LogP contribution in [0.25, 0.3) is 0 Å². The van der Waals surface area contributed by atoms with E-state index in [4.69, 9.17) is 5.11 Å². The summed E-state index contributed by atoms with van der Waals surface area (Å²) in [4.78, 5) is 16.8. The van der Waals surface area contributed by atoms with Crippen molar-refractivity contribution in [2.75, 3.05) is 51.2 Å². The van der Waals surface area contributed by atoms with Crippen LogP contribution in [0.5, 0.6) is 0 Å². The molecule has 0 radical (unpaired) electrons. The lowest BCUT2D eigenvalue weighted by atomic mass is 10.1.